The minimum Gasteiger partial charge on any atom is -0.357 e. The Bertz CT molecular complexity index is 864. The van der Waals surface area contributed by atoms with Gasteiger partial charge >= 0.3 is 0 Å². The molecule has 1 saturated heterocycles. The second kappa shape index (κ2) is 5.32. The van der Waals surface area contributed by atoms with Crippen LogP contribution in [0.4, 0.5) is 0 Å². The molecule has 108 valence electrons. The van der Waals surface area contributed by atoms with E-state index in [0.717, 1.165) is 17.7 Å². The molecule has 1 aliphatic rings. The number of H-pyrrole nitrogens is 1. The molecule has 0 radical (unpaired) electrons. The van der Waals surface area contributed by atoms with Crippen LogP contribution >= 0.6 is 0 Å². The minimum absolute atomic E-state index is 0.456. The normalized spacial score (nSPS) is 17.7. The predicted octanol–water partition coefficient (Wildman–Crippen LogP) is 4.13. The first kappa shape index (κ1) is 13.1. The summed E-state index contributed by atoms with van der Waals surface area (Å²) in [5, 5.41) is 13.8. The summed E-state index contributed by atoms with van der Waals surface area (Å²) in [4.78, 5) is 3.52. The van der Waals surface area contributed by atoms with Crippen LogP contribution in [0.5, 0.6) is 0 Å². The molecule has 1 fully saturated rings. The Labute approximate surface area is 129 Å². The van der Waals surface area contributed by atoms with E-state index in [4.69, 9.17) is 5.26 Å². The van der Waals surface area contributed by atoms with Gasteiger partial charge in [0.05, 0.1) is 11.6 Å². The third-order valence-corrected chi connectivity index (χ3v) is 4.40. The molecule has 0 spiro atoms. The topological polar surface area (TPSA) is 51.6 Å². The molecule has 1 atom stereocenters. The third kappa shape index (κ3) is 2.28. The average molecular weight is 287 g/mol. The van der Waals surface area contributed by atoms with Gasteiger partial charge in [0.25, 0.3) is 0 Å². The Balaban J connectivity index is 1.75. The first-order valence-corrected chi connectivity index (χ1v) is 7.70. The highest BCUT2D eigenvalue weighted by atomic mass is 15.0. The van der Waals surface area contributed by atoms with Crippen molar-refractivity contribution in [3.05, 3.63) is 59.8 Å². The van der Waals surface area contributed by atoms with Crippen LogP contribution in [0, 0.1) is 11.3 Å². The second-order valence-corrected chi connectivity index (χ2v) is 5.87. The van der Waals surface area contributed by atoms with Crippen molar-refractivity contribution in [1.82, 2.24) is 10.3 Å². The van der Waals surface area contributed by atoms with Gasteiger partial charge in [-0.1, -0.05) is 18.2 Å². The number of aromatic amines is 1. The van der Waals surface area contributed by atoms with Gasteiger partial charge in [-0.25, -0.2) is 0 Å². The fourth-order valence-electron chi connectivity index (χ4n) is 3.24. The van der Waals surface area contributed by atoms with E-state index in [0.29, 0.717) is 11.6 Å². The monoisotopic (exact) mass is 287 g/mol. The van der Waals surface area contributed by atoms with Crippen LogP contribution in [-0.4, -0.2) is 11.5 Å². The average Bonchev–Trinajstić information content (AvgIpc) is 3.23. The summed E-state index contributed by atoms with van der Waals surface area (Å²) >= 11 is 0. The minimum atomic E-state index is 0.456. The van der Waals surface area contributed by atoms with Crippen LogP contribution in [-0.2, 0) is 0 Å². The maximum atomic E-state index is 9.04. The Morgan fingerprint density at radius 1 is 1.05 bits per heavy atom. The van der Waals surface area contributed by atoms with Gasteiger partial charge in [0, 0.05) is 22.6 Å². The zero-order chi connectivity index (χ0) is 14.9. The Kier molecular flexibility index (Phi) is 3.17. The van der Waals surface area contributed by atoms with Crippen molar-refractivity contribution in [3.8, 4) is 17.2 Å². The quantitative estimate of drug-likeness (QED) is 0.744. The number of hydrogen-bond donors (Lipinski definition) is 2. The van der Waals surface area contributed by atoms with Crippen molar-refractivity contribution < 1.29 is 0 Å². The number of hydrogen-bond acceptors (Lipinski definition) is 2. The van der Waals surface area contributed by atoms with Gasteiger partial charge in [-0.2, -0.15) is 5.26 Å². The first-order valence-electron chi connectivity index (χ1n) is 7.70. The van der Waals surface area contributed by atoms with Crippen molar-refractivity contribution in [2.24, 2.45) is 0 Å². The summed E-state index contributed by atoms with van der Waals surface area (Å²) in [6.45, 7) is 1.10. The number of nitrogens with one attached hydrogen (secondary N) is 2. The first-order chi connectivity index (χ1) is 10.8. The van der Waals surface area contributed by atoms with Gasteiger partial charge in [-0.05, 0) is 60.8 Å². The van der Waals surface area contributed by atoms with E-state index in [-0.39, 0.29) is 0 Å². The lowest BCUT2D eigenvalue weighted by molar-refractivity contribution is 0.633. The summed E-state index contributed by atoms with van der Waals surface area (Å²) in [6, 6.07) is 19.1. The molecule has 0 aliphatic carbocycles. The van der Waals surface area contributed by atoms with E-state index >= 15 is 0 Å². The molecule has 2 heterocycles. The maximum absolute atomic E-state index is 9.04. The van der Waals surface area contributed by atoms with E-state index in [2.05, 4.69) is 40.6 Å². The van der Waals surface area contributed by atoms with Gasteiger partial charge in [0.2, 0.25) is 0 Å². The van der Waals surface area contributed by atoms with Crippen LogP contribution in [0.3, 0.4) is 0 Å². The molecule has 0 amide bonds. The molecule has 3 nitrogen and oxygen atoms in total. The fourth-order valence-corrected chi connectivity index (χ4v) is 3.24. The van der Waals surface area contributed by atoms with E-state index < -0.39 is 0 Å². The zero-order valence-electron chi connectivity index (χ0n) is 12.3. The number of fused-ring (bicyclic) bond motifs is 1. The molecule has 3 aromatic rings. The number of nitriles is 1. The van der Waals surface area contributed by atoms with Gasteiger partial charge in [-0.3, -0.25) is 0 Å². The lowest BCUT2D eigenvalue weighted by Crippen LogP contribution is -2.12. The molecule has 1 aliphatic heterocycles. The molecule has 1 aromatic heterocycles. The second-order valence-electron chi connectivity index (χ2n) is 5.87. The maximum Gasteiger partial charge on any atom is 0.0991 e. The van der Waals surface area contributed by atoms with Gasteiger partial charge in [0.1, 0.15) is 0 Å². The lowest BCUT2D eigenvalue weighted by Gasteiger charge is -2.06. The number of benzene rings is 2. The summed E-state index contributed by atoms with van der Waals surface area (Å²) < 4.78 is 0. The molecule has 0 bridgehead atoms. The number of aromatic nitrogens is 1. The molecular weight excluding hydrogens is 270 g/mol. The molecule has 2 N–H and O–H groups in total. The van der Waals surface area contributed by atoms with Crippen LogP contribution in [0.15, 0.2) is 48.5 Å². The van der Waals surface area contributed by atoms with Crippen molar-refractivity contribution in [2.45, 2.75) is 18.9 Å². The van der Waals surface area contributed by atoms with Crippen molar-refractivity contribution >= 4 is 10.9 Å². The summed E-state index contributed by atoms with van der Waals surface area (Å²) in [5.41, 5.74) is 5.37. The molecule has 0 unspecified atom stereocenters. The number of nitrogens with zero attached hydrogens (tertiary/aromatic N) is 1. The Hall–Kier alpha value is -2.57. The fraction of sp³-hybridized carbons (Fsp3) is 0.211. The van der Waals surface area contributed by atoms with Crippen molar-refractivity contribution in [2.75, 3.05) is 6.54 Å². The SMILES string of the molecule is N#Cc1cccc(-c2ccc3[nH]c([C@@H]4CCCN4)cc3c2)c1. The number of rotatable bonds is 2. The molecule has 22 heavy (non-hydrogen) atoms. The predicted molar refractivity (Wildman–Crippen MR) is 88.4 cm³/mol. The highest BCUT2D eigenvalue weighted by Crippen LogP contribution is 2.29. The molecular formula is C19H17N3. The van der Waals surface area contributed by atoms with E-state index in [1.54, 1.807) is 0 Å². The third-order valence-electron chi connectivity index (χ3n) is 4.40. The van der Waals surface area contributed by atoms with Crippen LogP contribution in [0.2, 0.25) is 0 Å². The highest BCUT2D eigenvalue weighted by molar-refractivity contribution is 5.86. The van der Waals surface area contributed by atoms with Gasteiger partial charge in [0.15, 0.2) is 0 Å². The van der Waals surface area contributed by atoms with E-state index in [1.165, 1.54) is 29.4 Å². The Morgan fingerprint density at radius 2 is 1.95 bits per heavy atom. The largest absolute Gasteiger partial charge is 0.357 e. The van der Waals surface area contributed by atoms with E-state index in [9.17, 15) is 0 Å². The standard InChI is InChI=1S/C19H17N3/c20-12-13-3-1-4-14(9-13)15-6-7-17-16(10-15)11-19(22-17)18-5-2-8-21-18/h1,3-4,6-7,9-11,18,21-22H,2,5,8H2/t18-/m0/s1. The molecule has 0 saturated carbocycles. The zero-order valence-corrected chi connectivity index (χ0v) is 12.3. The summed E-state index contributed by atoms with van der Waals surface area (Å²) in [7, 11) is 0. The van der Waals surface area contributed by atoms with E-state index in [1.807, 2.05) is 24.3 Å². The molecule has 4 rings (SSSR count). The van der Waals surface area contributed by atoms with Crippen molar-refractivity contribution in [3.63, 3.8) is 0 Å². The van der Waals surface area contributed by atoms with Gasteiger partial charge < -0.3 is 10.3 Å². The highest BCUT2D eigenvalue weighted by Gasteiger charge is 2.18. The molecule has 3 heteroatoms. The molecule has 2 aromatic carbocycles. The van der Waals surface area contributed by atoms with Crippen LogP contribution < -0.4 is 5.32 Å². The van der Waals surface area contributed by atoms with Crippen LogP contribution in [0.1, 0.15) is 30.1 Å². The summed E-state index contributed by atoms with van der Waals surface area (Å²) in [6.07, 6.45) is 2.44. The lowest BCUT2D eigenvalue weighted by atomic mass is 10.0. The van der Waals surface area contributed by atoms with Crippen molar-refractivity contribution in [1.29, 1.82) is 5.26 Å². The van der Waals surface area contributed by atoms with Crippen LogP contribution in [0.25, 0.3) is 22.0 Å². The summed E-state index contributed by atoms with van der Waals surface area (Å²) in [5.74, 6) is 0. The Morgan fingerprint density at radius 3 is 2.77 bits per heavy atom. The van der Waals surface area contributed by atoms with Gasteiger partial charge in [-0.15, -0.1) is 0 Å². The smallest absolute Gasteiger partial charge is 0.0991 e.